The fraction of sp³-hybridized carbons (Fsp3) is 0.556. The summed E-state index contributed by atoms with van der Waals surface area (Å²) in [6, 6.07) is 0. The second-order valence-corrected chi connectivity index (χ2v) is 3.07. The minimum Gasteiger partial charge on any atom is -0.469 e. The number of esters is 1. The van der Waals surface area contributed by atoms with E-state index in [0.29, 0.717) is 0 Å². The summed E-state index contributed by atoms with van der Waals surface area (Å²) in [4.78, 5) is 15.4. The van der Waals surface area contributed by atoms with Gasteiger partial charge in [0.2, 0.25) is 0 Å². The third-order valence-corrected chi connectivity index (χ3v) is 2.13. The highest BCUT2D eigenvalue weighted by atomic mass is 16.5. The van der Waals surface area contributed by atoms with E-state index in [0.717, 1.165) is 11.5 Å². The number of imidazole rings is 1. The van der Waals surface area contributed by atoms with Crippen LogP contribution in [0.5, 0.6) is 0 Å². The van der Waals surface area contributed by atoms with E-state index in [1.165, 1.54) is 7.11 Å². The molecule has 0 aliphatic heterocycles. The SMILES string of the molecule is COC(=O)C(C)c1cn(C)c(C)n1. The monoisotopic (exact) mass is 182 g/mol. The highest BCUT2D eigenvalue weighted by molar-refractivity contribution is 5.76. The Morgan fingerprint density at radius 3 is 2.69 bits per heavy atom. The largest absolute Gasteiger partial charge is 0.469 e. The van der Waals surface area contributed by atoms with Gasteiger partial charge < -0.3 is 9.30 Å². The summed E-state index contributed by atoms with van der Waals surface area (Å²) in [6.07, 6.45) is 1.84. The van der Waals surface area contributed by atoms with Crippen molar-refractivity contribution in [3.05, 3.63) is 17.7 Å². The molecule has 0 aliphatic carbocycles. The van der Waals surface area contributed by atoms with Crippen molar-refractivity contribution in [2.75, 3.05) is 7.11 Å². The Morgan fingerprint density at radius 2 is 2.31 bits per heavy atom. The molecule has 1 heterocycles. The summed E-state index contributed by atoms with van der Waals surface area (Å²) in [6.45, 7) is 3.68. The van der Waals surface area contributed by atoms with Crippen LogP contribution in [0.25, 0.3) is 0 Å². The lowest BCUT2D eigenvalue weighted by molar-refractivity contribution is -0.142. The number of aromatic nitrogens is 2. The molecule has 1 rings (SSSR count). The molecule has 1 unspecified atom stereocenters. The van der Waals surface area contributed by atoms with Crippen LogP contribution >= 0.6 is 0 Å². The molecule has 1 aromatic heterocycles. The molecule has 1 aromatic rings. The summed E-state index contributed by atoms with van der Waals surface area (Å²) in [5.41, 5.74) is 0.756. The maximum Gasteiger partial charge on any atom is 0.314 e. The van der Waals surface area contributed by atoms with Gasteiger partial charge in [0.15, 0.2) is 0 Å². The van der Waals surface area contributed by atoms with Crippen molar-refractivity contribution in [2.24, 2.45) is 7.05 Å². The molecule has 13 heavy (non-hydrogen) atoms. The Hall–Kier alpha value is -1.32. The van der Waals surface area contributed by atoms with Crippen molar-refractivity contribution in [3.63, 3.8) is 0 Å². The van der Waals surface area contributed by atoms with Gasteiger partial charge in [-0.15, -0.1) is 0 Å². The van der Waals surface area contributed by atoms with Crippen LogP contribution < -0.4 is 0 Å². The van der Waals surface area contributed by atoms with Crippen LogP contribution in [0.3, 0.4) is 0 Å². The molecule has 0 aromatic carbocycles. The quantitative estimate of drug-likeness (QED) is 0.641. The van der Waals surface area contributed by atoms with Crippen molar-refractivity contribution in [1.29, 1.82) is 0 Å². The van der Waals surface area contributed by atoms with Gasteiger partial charge in [0, 0.05) is 13.2 Å². The number of hydrogen-bond acceptors (Lipinski definition) is 3. The number of nitrogens with zero attached hydrogens (tertiary/aromatic N) is 2. The lowest BCUT2D eigenvalue weighted by atomic mass is 10.1. The molecule has 72 valence electrons. The predicted molar refractivity (Wildman–Crippen MR) is 48.4 cm³/mol. The zero-order chi connectivity index (χ0) is 10.0. The van der Waals surface area contributed by atoms with Crippen molar-refractivity contribution in [2.45, 2.75) is 19.8 Å². The van der Waals surface area contributed by atoms with E-state index in [9.17, 15) is 4.79 Å². The molecule has 0 saturated heterocycles. The molecular formula is C9H14N2O2. The number of carbonyl (C=O) groups excluding carboxylic acids is 1. The summed E-state index contributed by atoms with van der Waals surface area (Å²) < 4.78 is 6.51. The van der Waals surface area contributed by atoms with Crippen molar-refractivity contribution in [3.8, 4) is 0 Å². The van der Waals surface area contributed by atoms with E-state index >= 15 is 0 Å². The molecule has 0 saturated carbocycles. The highest BCUT2D eigenvalue weighted by Gasteiger charge is 2.18. The molecule has 0 aliphatic rings. The molecule has 4 heteroatoms. The zero-order valence-electron chi connectivity index (χ0n) is 8.37. The average Bonchev–Trinajstić information content (AvgIpc) is 2.44. The van der Waals surface area contributed by atoms with E-state index in [-0.39, 0.29) is 11.9 Å². The normalized spacial score (nSPS) is 12.6. The molecule has 0 amide bonds. The van der Waals surface area contributed by atoms with Gasteiger partial charge in [-0.2, -0.15) is 0 Å². The van der Waals surface area contributed by atoms with Crippen LogP contribution in [-0.4, -0.2) is 22.6 Å². The Labute approximate surface area is 77.5 Å². The second kappa shape index (κ2) is 3.60. The molecule has 1 atom stereocenters. The van der Waals surface area contributed by atoms with Gasteiger partial charge in [-0.25, -0.2) is 4.98 Å². The van der Waals surface area contributed by atoms with Gasteiger partial charge in [-0.05, 0) is 13.8 Å². The van der Waals surface area contributed by atoms with Crippen molar-refractivity contribution < 1.29 is 9.53 Å². The second-order valence-electron chi connectivity index (χ2n) is 3.07. The molecule has 0 spiro atoms. The van der Waals surface area contributed by atoms with Gasteiger partial charge in [-0.1, -0.05) is 0 Å². The third-order valence-electron chi connectivity index (χ3n) is 2.13. The van der Waals surface area contributed by atoms with Crippen molar-refractivity contribution >= 4 is 5.97 Å². The van der Waals surface area contributed by atoms with E-state index in [1.807, 2.05) is 24.7 Å². The summed E-state index contributed by atoms with van der Waals surface area (Å²) in [5.74, 6) is 0.355. The lowest BCUT2D eigenvalue weighted by Crippen LogP contribution is -2.11. The highest BCUT2D eigenvalue weighted by Crippen LogP contribution is 2.14. The predicted octanol–water partition coefficient (Wildman–Crippen LogP) is 1.01. The lowest BCUT2D eigenvalue weighted by Gasteiger charge is -2.04. The van der Waals surface area contributed by atoms with Gasteiger partial charge in [0.1, 0.15) is 5.82 Å². The molecule has 0 bridgehead atoms. The zero-order valence-corrected chi connectivity index (χ0v) is 8.37. The first-order valence-electron chi connectivity index (χ1n) is 4.14. The first kappa shape index (κ1) is 9.77. The van der Waals surface area contributed by atoms with Gasteiger partial charge in [0.25, 0.3) is 0 Å². The molecule has 4 nitrogen and oxygen atoms in total. The fourth-order valence-electron chi connectivity index (χ4n) is 1.09. The Kier molecular flexibility index (Phi) is 2.70. The molecular weight excluding hydrogens is 168 g/mol. The Balaban J connectivity index is 2.89. The maximum atomic E-state index is 11.2. The molecule has 0 fully saturated rings. The van der Waals surface area contributed by atoms with Crippen LogP contribution in [0.2, 0.25) is 0 Å². The minimum absolute atomic E-state index is 0.252. The standard InChI is InChI=1S/C9H14N2O2/c1-6(9(12)13-4)8-5-11(3)7(2)10-8/h5-6H,1-4H3. The van der Waals surface area contributed by atoms with Crippen LogP contribution in [0, 0.1) is 6.92 Å². The van der Waals surface area contributed by atoms with Gasteiger partial charge >= 0.3 is 5.97 Å². The van der Waals surface area contributed by atoms with Gasteiger partial charge in [-0.3, -0.25) is 4.79 Å². The van der Waals surface area contributed by atoms with E-state index < -0.39 is 0 Å². The third kappa shape index (κ3) is 1.88. The van der Waals surface area contributed by atoms with Crippen molar-refractivity contribution in [1.82, 2.24) is 9.55 Å². The first-order chi connectivity index (χ1) is 6.06. The summed E-state index contributed by atoms with van der Waals surface area (Å²) >= 11 is 0. The smallest absolute Gasteiger partial charge is 0.314 e. The van der Waals surface area contributed by atoms with Crippen LogP contribution in [0.15, 0.2) is 6.20 Å². The number of rotatable bonds is 2. The Bertz CT molecular complexity index is 298. The number of hydrogen-bond donors (Lipinski definition) is 0. The van der Waals surface area contributed by atoms with Crippen LogP contribution in [0.1, 0.15) is 24.4 Å². The van der Waals surface area contributed by atoms with Crippen LogP contribution in [-0.2, 0) is 16.6 Å². The fourth-order valence-corrected chi connectivity index (χ4v) is 1.09. The summed E-state index contributed by atoms with van der Waals surface area (Å²) in [7, 11) is 3.28. The van der Waals surface area contributed by atoms with Gasteiger partial charge in [0.05, 0.1) is 18.7 Å². The first-order valence-corrected chi connectivity index (χ1v) is 4.14. The van der Waals surface area contributed by atoms with E-state index in [1.54, 1.807) is 6.92 Å². The van der Waals surface area contributed by atoms with E-state index in [4.69, 9.17) is 0 Å². The van der Waals surface area contributed by atoms with Crippen LogP contribution in [0.4, 0.5) is 0 Å². The number of ether oxygens (including phenoxy) is 1. The average molecular weight is 182 g/mol. The maximum absolute atomic E-state index is 11.2. The minimum atomic E-state index is -0.287. The van der Waals surface area contributed by atoms with E-state index in [2.05, 4.69) is 9.72 Å². The number of carbonyl (C=O) groups is 1. The summed E-state index contributed by atoms with van der Waals surface area (Å²) in [5, 5.41) is 0. The number of aryl methyl sites for hydroxylation is 2. The Morgan fingerprint density at radius 1 is 1.69 bits per heavy atom. The number of methoxy groups -OCH3 is 1. The topological polar surface area (TPSA) is 44.1 Å². The molecule has 0 N–H and O–H groups in total. The molecule has 0 radical (unpaired) electrons.